The van der Waals surface area contributed by atoms with Gasteiger partial charge in [0.2, 0.25) is 0 Å². The van der Waals surface area contributed by atoms with E-state index in [9.17, 15) is 9.59 Å². The molecule has 0 spiro atoms. The molecule has 5 rings (SSSR count). The second-order valence-corrected chi connectivity index (χ2v) is 9.19. The summed E-state index contributed by atoms with van der Waals surface area (Å²) in [5.74, 6) is 0.312. The highest BCUT2D eigenvalue weighted by Gasteiger charge is 2.36. The van der Waals surface area contributed by atoms with Crippen LogP contribution in [0.3, 0.4) is 0 Å². The molecule has 3 aliphatic rings. The molecule has 164 valence electrons. The second-order valence-electron chi connectivity index (χ2n) is 8.34. The van der Waals surface area contributed by atoms with E-state index in [1.165, 1.54) is 0 Å². The molecular formula is C22H24Cl2N4O3. The van der Waals surface area contributed by atoms with Crippen molar-refractivity contribution in [2.24, 2.45) is 0 Å². The van der Waals surface area contributed by atoms with Crippen LogP contribution in [0, 0.1) is 0 Å². The Kier molecular flexibility index (Phi) is 5.67. The molecule has 3 fully saturated rings. The SMILES string of the molecule is O=C(c1cnn(-c2ccc(Cl)cc2Cl)c1C1CC1)N1CCN(C(=O)C2CCCO2)CC1. The molecule has 7 nitrogen and oxygen atoms in total. The van der Waals surface area contributed by atoms with Crippen LogP contribution < -0.4 is 0 Å². The third-order valence-corrected chi connectivity index (χ3v) is 6.76. The normalized spacial score (nSPS) is 21.5. The van der Waals surface area contributed by atoms with Crippen molar-refractivity contribution >= 4 is 35.0 Å². The number of nitrogens with zero attached hydrogens (tertiary/aromatic N) is 4. The monoisotopic (exact) mass is 462 g/mol. The minimum absolute atomic E-state index is 0.0394. The van der Waals surface area contributed by atoms with E-state index in [-0.39, 0.29) is 17.9 Å². The third kappa shape index (κ3) is 4.06. The lowest BCUT2D eigenvalue weighted by Gasteiger charge is -2.35. The van der Waals surface area contributed by atoms with Gasteiger partial charge < -0.3 is 14.5 Å². The molecule has 0 radical (unpaired) electrons. The number of carbonyl (C=O) groups is 2. The average Bonchev–Trinajstić information content (AvgIpc) is 3.28. The van der Waals surface area contributed by atoms with Gasteiger partial charge >= 0.3 is 0 Å². The minimum Gasteiger partial charge on any atom is -0.368 e. The van der Waals surface area contributed by atoms with Crippen LogP contribution in [0.15, 0.2) is 24.4 Å². The number of hydrogen-bond donors (Lipinski definition) is 0. The largest absolute Gasteiger partial charge is 0.368 e. The van der Waals surface area contributed by atoms with Crippen molar-refractivity contribution in [1.82, 2.24) is 19.6 Å². The number of benzene rings is 1. The first-order chi connectivity index (χ1) is 15.0. The molecule has 1 saturated carbocycles. The lowest BCUT2D eigenvalue weighted by molar-refractivity contribution is -0.142. The summed E-state index contributed by atoms with van der Waals surface area (Å²) in [6.45, 7) is 2.73. The van der Waals surface area contributed by atoms with Gasteiger partial charge in [0.15, 0.2) is 0 Å². The first-order valence-electron chi connectivity index (χ1n) is 10.8. The summed E-state index contributed by atoms with van der Waals surface area (Å²) in [6, 6.07) is 5.28. The van der Waals surface area contributed by atoms with Gasteiger partial charge in [-0.25, -0.2) is 4.68 Å². The van der Waals surface area contributed by atoms with E-state index in [2.05, 4.69) is 5.10 Å². The topological polar surface area (TPSA) is 67.7 Å². The fourth-order valence-corrected chi connectivity index (χ4v) is 4.88. The molecule has 2 aromatic rings. The first kappa shape index (κ1) is 20.8. The van der Waals surface area contributed by atoms with E-state index in [1.54, 1.807) is 23.0 Å². The Labute approximate surface area is 190 Å². The maximum Gasteiger partial charge on any atom is 0.257 e. The van der Waals surface area contributed by atoms with Crippen LogP contribution in [0.5, 0.6) is 0 Å². The van der Waals surface area contributed by atoms with Crippen LogP contribution >= 0.6 is 23.2 Å². The van der Waals surface area contributed by atoms with Gasteiger partial charge in [-0.05, 0) is 43.9 Å². The molecule has 2 aliphatic heterocycles. The van der Waals surface area contributed by atoms with Gasteiger partial charge in [0, 0.05) is 43.7 Å². The molecule has 1 aliphatic carbocycles. The summed E-state index contributed by atoms with van der Waals surface area (Å²) in [5.41, 5.74) is 2.25. The third-order valence-electron chi connectivity index (χ3n) is 6.22. The van der Waals surface area contributed by atoms with Crippen LogP contribution in [-0.4, -0.2) is 70.3 Å². The molecule has 3 heterocycles. The van der Waals surface area contributed by atoms with Gasteiger partial charge in [0.25, 0.3) is 11.8 Å². The maximum absolute atomic E-state index is 13.4. The summed E-state index contributed by atoms with van der Waals surface area (Å²) in [6.07, 6.45) is 5.10. The number of amides is 2. The zero-order chi connectivity index (χ0) is 21.5. The molecule has 1 unspecified atom stereocenters. The fraction of sp³-hybridized carbons (Fsp3) is 0.500. The summed E-state index contributed by atoms with van der Waals surface area (Å²) in [7, 11) is 0. The Morgan fingerprint density at radius 1 is 1.03 bits per heavy atom. The van der Waals surface area contributed by atoms with E-state index in [0.717, 1.165) is 37.1 Å². The van der Waals surface area contributed by atoms with Crippen molar-refractivity contribution in [1.29, 1.82) is 0 Å². The quantitative estimate of drug-likeness (QED) is 0.696. The molecule has 1 atom stereocenters. The second kappa shape index (κ2) is 8.45. The number of ether oxygens (including phenoxy) is 1. The van der Waals surface area contributed by atoms with E-state index in [4.69, 9.17) is 27.9 Å². The smallest absolute Gasteiger partial charge is 0.257 e. The Balaban J connectivity index is 1.33. The van der Waals surface area contributed by atoms with Crippen LogP contribution in [0.1, 0.15) is 47.7 Å². The van der Waals surface area contributed by atoms with Gasteiger partial charge in [0.05, 0.1) is 28.2 Å². The van der Waals surface area contributed by atoms with E-state index in [1.807, 2.05) is 15.9 Å². The van der Waals surface area contributed by atoms with Gasteiger partial charge in [0.1, 0.15) is 6.10 Å². The number of halogens is 2. The van der Waals surface area contributed by atoms with Crippen molar-refractivity contribution < 1.29 is 14.3 Å². The predicted octanol–water partition coefficient (Wildman–Crippen LogP) is 3.52. The van der Waals surface area contributed by atoms with E-state index >= 15 is 0 Å². The Morgan fingerprint density at radius 2 is 1.77 bits per heavy atom. The van der Waals surface area contributed by atoms with Gasteiger partial charge in [-0.2, -0.15) is 5.10 Å². The van der Waals surface area contributed by atoms with Crippen LogP contribution in [-0.2, 0) is 9.53 Å². The van der Waals surface area contributed by atoms with Gasteiger partial charge in [-0.15, -0.1) is 0 Å². The van der Waals surface area contributed by atoms with Crippen molar-refractivity contribution in [3.63, 3.8) is 0 Å². The summed E-state index contributed by atoms with van der Waals surface area (Å²) < 4.78 is 7.30. The highest BCUT2D eigenvalue weighted by molar-refractivity contribution is 6.35. The fourth-order valence-electron chi connectivity index (χ4n) is 4.39. The molecule has 1 aromatic heterocycles. The van der Waals surface area contributed by atoms with E-state index in [0.29, 0.717) is 54.3 Å². The lowest BCUT2D eigenvalue weighted by Crippen LogP contribution is -2.52. The number of piperazine rings is 1. The molecule has 9 heteroatoms. The molecule has 0 N–H and O–H groups in total. The van der Waals surface area contributed by atoms with Crippen molar-refractivity contribution in [3.8, 4) is 5.69 Å². The molecular weight excluding hydrogens is 439 g/mol. The summed E-state index contributed by atoms with van der Waals surface area (Å²) in [5, 5.41) is 5.56. The van der Waals surface area contributed by atoms with Gasteiger partial charge in [-0.1, -0.05) is 23.2 Å². The standard InChI is InChI=1S/C22H24Cl2N4O3/c23-15-5-6-18(17(24)12-15)28-20(14-3-4-14)16(13-25-28)21(29)26-7-9-27(10-8-26)22(30)19-2-1-11-31-19/h5-6,12-14,19H,1-4,7-11H2. The molecule has 2 amide bonds. The van der Waals surface area contributed by atoms with Crippen molar-refractivity contribution in [2.45, 2.75) is 37.7 Å². The van der Waals surface area contributed by atoms with E-state index < -0.39 is 0 Å². The Morgan fingerprint density at radius 3 is 2.42 bits per heavy atom. The summed E-state index contributed by atoms with van der Waals surface area (Å²) in [4.78, 5) is 29.6. The molecule has 2 saturated heterocycles. The van der Waals surface area contributed by atoms with Crippen LogP contribution in [0.25, 0.3) is 5.69 Å². The van der Waals surface area contributed by atoms with Crippen LogP contribution in [0.4, 0.5) is 0 Å². The number of hydrogen-bond acceptors (Lipinski definition) is 4. The van der Waals surface area contributed by atoms with Crippen LogP contribution in [0.2, 0.25) is 10.0 Å². The van der Waals surface area contributed by atoms with Gasteiger partial charge in [-0.3, -0.25) is 9.59 Å². The highest BCUT2D eigenvalue weighted by atomic mass is 35.5. The molecule has 31 heavy (non-hydrogen) atoms. The first-order valence-corrected chi connectivity index (χ1v) is 11.5. The van der Waals surface area contributed by atoms with Crippen molar-refractivity contribution in [2.75, 3.05) is 32.8 Å². The lowest BCUT2D eigenvalue weighted by atomic mass is 10.1. The average molecular weight is 463 g/mol. The molecule has 1 aromatic carbocycles. The maximum atomic E-state index is 13.4. The van der Waals surface area contributed by atoms with Crippen molar-refractivity contribution in [3.05, 3.63) is 45.7 Å². The number of rotatable bonds is 4. The molecule has 0 bridgehead atoms. The predicted molar refractivity (Wildman–Crippen MR) is 117 cm³/mol. The Bertz CT molecular complexity index is 1010. The number of aromatic nitrogens is 2. The number of carbonyl (C=O) groups excluding carboxylic acids is 2. The summed E-state index contributed by atoms with van der Waals surface area (Å²) >= 11 is 12.5. The minimum atomic E-state index is -0.314. The zero-order valence-corrected chi connectivity index (χ0v) is 18.6. The highest BCUT2D eigenvalue weighted by Crippen LogP contribution is 2.43. The Hall–Kier alpha value is -2.09. The zero-order valence-electron chi connectivity index (χ0n) is 17.1.